The van der Waals surface area contributed by atoms with Crippen LogP contribution in [0.1, 0.15) is 26.2 Å². The highest BCUT2D eigenvalue weighted by atomic mass is 16.4. The molecule has 2 N–H and O–H groups in total. The Morgan fingerprint density at radius 1 is 1.65 bits per heavy atom. The van der Waals surface area contributed by atoms with Gasteiger partial charge in [0.25, 0.3) is 0 Å². The molecule has 1 rings (SSSR count). The van der Waals surface area contributed by atoms with Gasteiger partial charge in [0.05, 0.1) is 0 Å². The molecule has 1 saturated heterocycles. The molecule has 2 atom stereocenters. The Morgan fingerprint density at radius 2 is 2.35 bits per heavy atom. The fraction of sp³-hybridized carbons (Fsp3) is 0.667. The van der Waals surface area contributed by atoms with Gasteiger partial charge in [0.2, 0.25) is 0 Å². The van der Waals surface area contributed by atoms with E-state index in [1.807, 2.05) is 6.92 Å². The normalized spacial score (nSPS) is 20.7. The molecule has 2 amide bonds. The first-order valence-electron chi connectivity index (χ1n) is 5.73. The zero-order valence-electron chi connectivity index (χ0n) is 9.98. The smallest absolute Gasteiger partial charge is 0.317 e. The van der Waals surface area contributed by atoms with Gasteiger partial charge in [-0.3, -0.25) is 4.79 Å². The van der Waals surface area contributed by atoms with Crippen LogP contribution in [0.5, 0.6) is 0 Å². The van der Waals surface area contributed by atoms with E-state index in [2.05, 4.69) is 11.2 Å². The number of carboxylic acids is 1. The first-order chi connectivity index (χ1) is 8.02. The number of terminal acetylenes is 1. The van der Waals surface area contributed by atoms with Crippen molar-refractivity contribution < 1.29 is 14.7 Å². The monoisotopic (exact) mass is 238 g/mol. The van der Waals surface area contributed by atoms with Gasteiger partial charge >= 0.3 is 12.0 Å². The summed E-state index contributed by atoms with van der Waals surface area (Å²) >= 11 is 0. The predicted octanol–water partition coefficient (Wildman–Crippen LogP) is 0.904. The van der Waals surface area contributed by atoms with Crippen molar-refractivity contribution in [1.29, 1.82) is 0 Å². The minimum absolute atomic E-state index is 0.0500. The van der Waals surface area contributed by atoms with Crippen molar-refractivity contribution in [3.05, 3.63) is 0 Å². The molecule has 0 aromatic carbocycles. The average molecular weight is 238 g/mol. The van der Waals surface area contributed by atoms with E-state index < -0.39 is 5.97 Å². The van der Waals surface area contributed by atoms with Crippen molar-refractivity contribution in [3.8, 4) is 12.3 Å². The molecule has 0 aliphatic carbocycles. The van der Waals surface area contributed by atoms with Crippen molar-refractivity contribution in [2.45, 2.75) is 32.2 Å². The molecule has 17 heavy (non-hydrogen) atoms. The first-order valence-corrected chi connectivity index (χ1v) is 5.73. The van der Waals surface area contributed by atoms with Gasteiger partial charge in [-0.05, 0) is 19.3 Å². The van der Waals surface area contributed by atoms with Crippen molar-refractivity contribution in [2.75, 3.05) is 13.1 Å². The molecule has 1 aliphatic heterocycles. The molecule has 0 saturated carbocycles. The Bertz CT molecular complexity index is 335. The molecule has 2 unspecified atom stereocenters. The summed E-state index contributed by atoms with van der Waals surface area (Å²) in [5, 5.41) is 11.5. The van der Waals surface area contributed by atoms with Gasteiger partial charge in [-0.25, -0.2) is 4.79 Å². The lowest BCUT2D eigenvalue weighted by atomic mass is 10.1. The Morgan fingerprint density at radius 3 is 2.94 bits per heavy atom. The fourth-order valence-corrected chi connectivity index (χ4v) is 1.96. The van der Waals surface area contributed by atoms with E-state index in [0.29, 0.717) is 19.5 Å². The molecule has 5 heteroatoms. The summed E-state index contributed by atoms with van der Waals surface area (Å²) in [4.78, 5) is 24.0. The maximum Gasteiger partial charge on any atom is 0.317 e. The summed E-state index contributed by atoms with van der Waals surface area (Å²) in [6.07, 6.45) is 6.54. The second-order valence-electron chi connectivity index (χ2n) is 4.46. The molecular formula is C12H18N2O3. The van der Waals surface area contributed by atoms with Gasteiger partial charge in [-0.2, -0.15) is 0 Å². The molecule has 0 bridgehead atoms. The minimum atomic E-state index is -0.807. The second-order valence-corrected chi connectivity index (χ2v) is 4.46. The minimum Gasteiger partial charge on any atom is -0.481 e. The third-order valence-corrected chi connectivity index (χ3v) is 2.83. The van der Waals surface area contributed by atoms with E-state index in [-0.39, 0.29) is 24.4 Å². The lowest BCUT2D eigenvalue weighted by Crippen LogP contribution is -2.42. The van der Waals surface area contributed by atoms with E-state index in [1.54, 1.807) is 4.90 Å². The fourth-order valence-electron chi connectivity index (χ4n) is 1.96. The third-order valence-electron chi connectivity index (χ3n) is 2.83. The lowest BCUT2D eigenvalue weighted by Gasteiger charge is -2.19. The number of nitrogens with one attached hydrogen (secondary N) is 1. The maximum atomic E-state index is 11.8. The highest BCUT2D eigenvalue weighted by Crippen LogP contribution is 2.19. The largest absolute Gasteiger partial charge is 0.481 e. The van der Waals surface area contributed by atoms with Gasteiger partial charge < -0.3 is 15.3 Å². The van der Waals surface area contributed by atoms with Crippen LogP contribution in [-0.4, -0.2) is 41.1 Å². The lowest BCUT2D eigenvalue weighted by molar-refractivity contribution is -0.138. The number of carboxylic acid groups (broad SMARTS) is 1. The van der Waals surface area contributed by atoms with Gasteiger partial charge in [0.1, 0.15) is 0 Å². The van der Waals surface area contributed by atoms with Crippen LogP contribution >= 0.6 is 0 Å². The molecular weight excluding hydrogens is 220 g/mol. The number of hydrogen-bond donors (Lipinski definition) is 2. The van der Waals surface area contributed by atoms with E-state index in [4.69, 9.17) is 11.5 Å². The van der Waals surface area contributed by atoms with Crippen LogP contribution in [0.4, 0.5) is 4.79 Å². The van der Waals surface area contributed by atoms with Crippen LogP contribution in [0.25, 0.3) is 0 Å². The number of carbonyl (C=O) groups is 2. The van der Waals surface area contributed by atoms with Gasteiger partial charge in [-0.15, -0.1) is 12.3 Å². The number of urea groups is 1. The standard InChI is InChI=1S/C12H18N2O3/c1-3-4-9(2)13-12(17)14-6-5-10(8-14)7-11(15)16/h1,9-10H,4-8H2,2H3,(H,13,17)(H,15,16). The van der Waals surface area contributed by atoms with E-state index in [9.17, 15) is 9.59 Å². The number of hydrogen-bond acceptors (Lipinski definition) is 2. The zero-order valence-corrected chi connectivity index (χ0v) is 9.98. The SMILES string of the molecule is C#CCC(C)NC(=O)N1CCC(CC(=O)O)C1. The Balaban J connectivity index is 2.35. The van der Waals surface area contributed by atoms with Gasteiger partial charge in [0.15, 0.2) is 0 Å². The molecule has 0 aromatic rings. The van der Waals surface area contributed by atoms with Crippen LogP contribution < -0.4 is 5.32 Å². The van der Waals surface area contributed by atoms with Crippen molar-refractivity contribution >= 4 is 12.0 Å². The van der Waals surface area contributed by atoms with Crippen LogP contribution in [0.3, 0.4) is 0 Å². The van der Waals surface area contributed by atoms with Gasteiger partial charge in [-0.1, -0.05) is 0 Å². The number of aliphatic carboxylic acids is 1. The topological polar surface area (TPSA) is 69.6 Å². The van der Waals surface area contributed by atoms with Crippen LogP contribution in [-0.2, 0) is 4.79 Å². The van der Waals surface area contributed by atoms with Crippen molar-refractivity contribution in [1.82, 2.24) is 10.2 Å². The molecule has 0 spiro atoms. The van der Waals surface area contributed by atoms with Crippen molar-refractivity contribution in [2.24, 2.45) is 5.92 Å². The third kappa shape index (κ3) is 4.35. The summed E-state index contributed by atoms with van der Waals surface area (Å²) in [6.45, 7) is 2.98. The van der Waals surface area contributed by atoms with Crippen LogP contribution in [0.15, 0.2) is 0 Å². The average Bonchev–Trinajstić information content (AvgIpc) is 2.65. The molecule has 1 aliphatic rings. The molecule has 94 valence electrons. The van der Waals surface area contributed by atoms with E-state index >= 15 is 0 Å². The Kier molecular flexibility index (Phi) is 4.83. The van der Waals surface area contributed by atoms with Crippen LogP contribution in [0, 0.1) is 18.3 Å². The second kappa shape index (κ2) is 6.14. The number of rotatable bonds is 4. The van der Waals surface area contributed by atoms with Crippen molar-refractivity contribution in [3.63, 3.8) is 0 Å². The number of nitrogens with zero attached hydrogens (tertiary/aromatic N) is 1. The van der Waals surface area contributed by atoms with Crippen LogP contribution in [0.2, 0.25) is 0 Å². The number of amides is 2. The molecule has 5 nitrogen and oxygen atoms in total. The summed E-state index contributed by atoms with van der Waals surface area (Å²) < 4.78 is 0. The molecule has 1 heterocycles. The van der Waals surface area contributed by atoms with Gasteiger partial charge in [0, 0.05) is 32.0 Å². The number of likely N-dealkylation sites (tertiary alicyclic amines) is 1. The summed E-state index contributed by atoms with van der Waals surface area (Å²) in [7, 11) is 0. The highest BCUT2D eigenvalue weighted by Gasteiger charge is 2.27. The van der Waals surface area contributed by atoms with E-state index in [0.717, 1.165) is 6.42 Å². The summed E-state index contributed by atoms with van der Waals surface area (Å²) in [5.41, 5.74) is 0. The van der Waals surface area contributed by atoms with E-state index in [1.165, 1.54) is 0 Å². The summed E-state index contributed by atoms with van der Waals surface area (Å²) in [5.74, 6) is 1.75. The quantitative estimate of drug-likeness (QED) is 0.715. The summed E-state index contributed by atoms with van der Waals surface area (Å²) in [6, 6.07) is -0.202. The molecule has 0 radical (unpaired) electrons. The Labute approximate surface area is 101 Å². The predicted molar refractivity (Wildman–Crippen MR) is 63.4 cm³/mol. The maximum absolute atomic E-state index is 11.8. The number of carbonyl (C=O) groups excluding carboxylic acids is 1. The highest BCUT2D eigenvalue weighted by molar-refractivity contribution is 5.75. The first kappa shape index (κ1) is 13.4. The Hall–Kier alpha value is -1.70. The molecule has 0 aromatic heterocycles. The zero-order chi connectivity index (χ0) is 12.8. The molecule has 1 fully saturated rings.